The SMILES string of the molecule is CCc1ccc(NC=C2C(=O)c3sccc3N(Cc3ccc(Cl)cc3)S2(=O)=O)cc1. The van der Waals surface area contributed by atoms with Gasteiger partial charge in [0, 0.05) is 16.9 Å². The summed E-state index contributed by atoms with van der Waals surface area (Å²) < 4.78 is 28.0. The Balaban J connectivity index is 1.70. The van der Waals surface area contributed by atoms with E-state index in [0.717, 1.165) is 12.0 Å². The van der Waals surface area contributed by atoms with Crippen LogP contribution in [0.4, 0.5) is 11.4 Å². The van der Waals surface area contributed by atoms with E-state index in [-0.39, 0.29) is 11.4 Å². The van der Waals surface area contributed by atoms with Gasteiger partial charge in [-0.25, -0.2) is 8.42 Å². The highest BCUT2D eigenvalue weighted by Crippen LogP contribution is 2.39. The Bertz CT molecular complexity index is 1210. The van der Waals surface area contributed by atoms with Gasteiger partial charge in [0.1, 0.15) is 4.88 Å². The molecule has 5 nitrogen and oxygen atoms in total. The summed E-state index contributed by atoms with van der Waals surface area (Å²) in [7, 11) is -4.03. The number of sulfonamides is 1. The molecule has 0 spiro atoms. The number of aryl methyl sites for hydroxylation is 1. The molecule has 0 aliphatic carbocycles. The van der Waals surface area contributed by atoms with Crippen molar-refractivity contribution < 1.29 is 13.2 Å². The molecule has 3 aromatic rings. The predicted octanol–water partition coefficient (Wildman–Crippen LogP) is 5.45. The molecule has 0 bridgehead atoms. The van der Waals surface area contributed by atoms with Gasteiger partial charge < -0.3 is 5.32 Å². The van der Waals surface area contributed by atoms with Crippen molar-refractivity contribution in [3.8, 4) is 0 Å². The maximum absolute atomic E-state index is 13.4. The Hall–Kier alpha value is -2.61. The molecule has 0 fully saturated rings. The summed E-state index contributed by atoms with van der Waals surface area (Å²) in [4.78, 5) is 13.1. The van der Waals surface area contributed by atoms with Crippen molar-refractivity contribution >= 4 is 50.1 Å². The van der Waals surface area contributed by atoms with Crippen molar-refractivity contribution in [1.82, 2.24) is 0 Å². The number of hydrogen-bond acceptors (Lipinski definition) is 5. The molecule has 0 atom stereocenters. The molecule has 1 N–H and O–H groups in total. The average Bonchev–Trinajstić information content (AvgIpc) is 3.22. The largest absolute Gasteiger partial charge is 0.360 e. The summed E-state index contributed by atoms with van der Waals surface area (Å²) in [6, 6.07) is 16.3. The van der Waals surface area contributed by atoms with Crippen molar-refractivity contribution in [1.29, 1.82) is 0 Å². The first-order valence-corrected chi connectivity index (χ1v) is 12.0. The van der Waals surface area contributed by atoms with E-state index in [1.54, 1.807) is 35.7 Å². The first-order chi connectivity index (χ1) is 14.4. The first-order valence-electron chi connectivity index (χ1n) is 9.35. The van der Waals surface area contributed by atoms with Gasteiger partial charge >= 0.3 is 0 Å². The standard InChI is InChI=1S/C22H19ClN2O3S2/c1-2-15-5-9-18(10-6-15)24-13-20-21(26)22-19(11-12-29-22)25(30(20,27)28)14-16-3-7-17(23)8-4-16/h3-13,24H,2,14H2,1H3. The molecule has 154 valence electrons. The van der Waals surface area contributed by atoms with Gasteiger partial charge in [-0.3, -0.25) is 9.10 Å². The van der Waals surface area contributed by atoms with Crippen LogP contribution in [-0.4, -0.2) is 14.2 Å². The van der Waals surface area contributed by atoms with Crippen molar-refractivity contribution in [3.63, 3.8) is 0 Å². The van der Waals surface area contributed by atoms with E-state index in [1.807, 2.05) is 24.3 Å². The number of carbonyl (C=O) groups excluding carboxylic acids is 1. The molecular weight excluding hydrogens is 440 g/mol. The molecule has 0 radical (unpaired) electrons. The summed E-state index contributed by atoms with van der Waals surface area (Å²) in [5.41, 5.74) is 3.07. The van der Waals surface area contributed by atoms with Crippen LogP contribution in [0.5, 0.6) is 0 Å². The smallest absolute Gasteiger partial charge is 0.270 e. The zero-order chi connectivity index (χ0) is 21.3. The minimum atomic E-state index is -4.03. The van der Waals surface area contributed by atoms with Gasteiger partial charge in [0.05, 0.1) is 12.2 Å². The number of thiophene rings is 1. The normalized spacial score (nSPS) is 16.5. The number of benzene rings is 2. The van der Waals surface area contributed by atoms with Crippen LogP contribution in [0.25, 0.3) is 0 Å². The number of halogens is 1. The van der Waals surface area contributed by atoms with Crippen LogP contribution in [0.3, 0.4) is 0 Å². The van der Waals surface area contributed by atoms with Gasteiger partial charge in [0.15, 0.2) is 4.91 Å². The fourth-order valence-corrected chi connectivity index (χ4v) is 5.81. The molecule has 0 saturated heterocycles. The highest BCUT2D eigenvalue weighted by atomic mass is 35.5. The van der Waals surface area contributed by atoms with E-state index in [1.165, 1.54) is 27.4 Å². The number of nitrogens with zero attached hydrogens (tertiary/aromatic N) is 1. The Labute approximate surface area is 184 Å². The van der Waals surface area contributed by atoms with E-state index in [4.69, 9.17) is 11.6 Å². The van der Waals surface area contributed by atoms with Crippen molar-refractivity contribution in [2.45, 2.75) is 19.9 Å². The van der Waals surface area contributed by atoms with Gasteiger partial charge in [-0.15, -0.1) is 11.3 Å². The maximum Gasteiger partial charge on any atom is 0.270 e. The molecule has 30 heavy (non-hydrogen) atoms. The predicted molar refractivity (Wildman–Crippen MR) is 123 cm³/mol. The molecule has 8 heteroatoms. The zero-order valence-corrected chi connectivity index (χ0v) is 18.5. The summed E-state index contributed by atoms with van der Waals surface area (Å²) in [6.45, 7) is 2.17. The van der Waals surface area contributed by atoms with Crippen LogP contribution in [0.2, 0.25) is 5.02 Å². The molecule has 2 aromatic carbocycles. The molecule has 0 unspecified atom stereocenters. The quantitative estimate of drug-likeness (QED) is 0.516. The minimum absolute atomic E-state index is 0.110. The minimum Gasteiger partial charge on any atom is -0.360 e. The van der Waals surface area contributed by atoms with Crippen LogP contribution < -0.4 is 9.62 Å². The third kappa shape index (κ3) is 3.88. The number of allylic oxidation sites excluding steroid dienone is 1. The Morgan fingerprint density at radius 2 is 1.70 bits per heavy atom. The summed E-state index contributed by atoms with van der Waals surface area (Å²) in [5, 5.41) is 5.27. The molecule has 0 amide bonds. The molecule has 0 saturated carbocycles. The average molecular weight is 459 g/mol. The lowest BCUT2D eigenvalue weighted by molar-refractivity contribution is 0.104. The van der Waals surface area contributed by atoms with Gasteiger partial charge in [0.25, 0.3) is 10.0 Å². The van der Waals surface area contributed by atoms with Crippen molar-refractivity contribution in [3.05, 3.63) is 92.1 Å². The lowest BCUT2D eigenvalue weighted by atomic mass is 10.1. The van der Waals surface area contributed by atoms with Gasteiger partial charge in [0.2, 0.25) is 5.78 Å². The summed E-state index contributed by atoms with van der Waals surface area (Å²) in [6.07, 6.45) is 2.20. The number of carbonyl (C=O) groups is 1. The number of fused-ring (bicyclic) bond motifs is 1. The number of anilines is 2. The number of hydrogen-bond donors (Lipinski definition) is 1. The second kappa shape index (κ2) is 8.26. The van der Waals surface area contributed by atoms with Crippen LogP contribution in [0.1, 0.15) is 27.7 Å². The third-order valence-corrected chi connectivity index (χ3v) is 7.80. The van der Waals surface area contributed by atoms with Gasteiger partial charge in [-0.1, -0.05) is 42.8 Å². The monoisotopic (exact) mass is 458 g/mol. The van der Waals surface area contributed by atoms with Crippen LogP contribution >= 0.6 is 22.9 Å². The highest BCUT2D eigenvalue weighted by molar-refractivity contribution is 7.97. The van der Waals surface area contributed by atoms with Crippen LogP contribution in [0, 0.1) is 0 Å². The molecule has 1 aliphatic heterocycles. The van der Waals surface area contributed by atoms with Gasteiger partial charge in [-0.05, 0) is 53.3 Å². The number of rotatable bonds is 5. The number of nitrogens with one attached hydrogen (secondary N) is 1. The van der Waals surface area contributed by atoms with Crippen molar-refractivity contribution in [2.24, 2.45) is 0 Å². The topological polar surface area (TPSA) is 66.5 Å². The molecular formula is C22H19ClN2O3S2. The van der Waals surface area contributed by atoms with E-state index in [9.17, 15) is 13.2 Å². The highest BCUT2D eigenvalue weighted by Gasteiger charge is 2.41. The third-order valence-electron chi connectivity index (χ3n) is 4.88. The second-order valence-corrected chi connectivity index (χ2v) is 9.99. The number of Topliss-reactive ketones (excluding diaryl/α,β-unsaturated/α-hetero) is 1. The lowest BCUT2D eigenvalue weighted by Crippen LogP contribution is -2.38. The van der Waals surface area contributed by atoms with Crippen molar-refractivity contribution in [2.75, 3.05) is 9.62 Å². The lowest BCUT2D eigenvalue weighted by Gasteiger charge is -2.29. The summed E-state index contributed by atoms with van der Waals surface area (Å²) >= 11 is 7.18. The molecule has 4 rings (SSSR count). The second-order valence-electron chi connectivity index (χ2n) is 6.81. The summed E-state index contributed by atoms with van der Waals surface area (Å²) in [5.74, 6) is -0.495. The zero-order valence-electron chi connectivity index (χ0n) is 16.1. The molecule has 1 aliphatic rings. The first kappa shape index (κ1) is 20.7. The maximum atomic E-state index is 13.4. The van der Waals surface area contributed by atoms with Crippen LogP contribution in [0.15, 0.2) is 71.1 Å². The van der Waals surface area contributed by atoms with E-state index >= 15 is 0 Å². The Morgan fingerprint density at radius 1 is 1.03 bits per heavy atom. The Kier molecular flexibility index (Phi) is 5.69. The molecule has 1 aromatic heterocycles. The fraction of sp³-hybridized carbons (Fsp3) is 0.136. The Morgan fingerprint density at radius 3 is 2.37 bits per heavy atom. The molecule has 2 heterocycles. The van der Waals surface area contributed by atoms with E-state index < -0.39 is 15.8 Å². The fourth-order valence-electron chi connectivity index (χ4n) is 3.20. The van der Waals surface area contributed by atoms with E-state index in [0.29, 0.717) is 21.3 Å². The van der Waals surface area contributed by atoms with Crippen LogP contribution in [-0.2, 0) is 23.0 Å². The number of ketones is 1. The van der Waals surface area contributed by atoms with E-state index in [2.05, 4.69) is 12.2 Å². The van der Waals surface area contributed by atoms with Gasteiger partial charge in [-0.2, -0.15) is 0 Å².